The largest absolute Gasteiger partial charge is 0.325 e. The smallest absolute Gasteiger partial charge is 0.308 e. The number of hydrogen-bond donors (Lipinski definition) is 2. The molecule has 2 N–H and O–H groups in total. The summed E-state index contributed by atoms with van der Waals surface area (Å²) in [5.74, 6) is 0. The molecule has 9 heteroatoms. The average Bonchev–Trinajstić information content (AvgIpc) is 3.00. The number of halogens is 3. The lowest BCUT2D eigenvalue weighted by atomic mass is 10.2. The lowest BCUT2D eigenvalue weighted by Crippen LogP contribution is -2.19. The first-order valence-corrected chi connectivity index (χ1v) is 8.59. The molecule has 122 valence electrons. The molecule has 24 heavy (non-hydrogen) atoms. The van der Waals surface area contributed by atoms with E-state index in [1.165, 1.54) is 11.3 Å². The molecular formula is C15H9Cl3N4OS. The fourth-order valence-corrected chi connectivity index (χ4v) is 2.98. The van der Waals surface area contributed by atoms with Crippen molar-refractivity contribution in [1.82, 2.24) is 10.2 Å². The summed E-state index contributed by atoms with van der Waals surface area (Å²) in [4.78, 5) is 12.0. The van der Waals surface area contributed by atoms with E-state index in [-0.39, 0.29) is 0 Å². The number of benzene rings is 2. The summed E-state index contributed by atoms with van der Waals surface area (Å²) in [6, 6.07) is 11.6. The first kappa shape index (κ1) is 17.0. The van der Waals surface area contributed by atoms with Gasteiger partial charge >= 0.3 is 6.03 Å². The lowest BCUT2D eigenvalue weighted by Gasteiger charge is -2.05. The molecule has 5 nitrogen and oxygen atoms in total. The van der Waals surface area contributed by atoms with E-state index in [0.29, 0.717) is 30.9 Å². The number of aromatic nitrogens is 2. The second kappa shape index (κ2) is 7.36. The number of nitrogens with zero attached hydrogens (tertiary/aromatic N) is 2. The van der Waals surface area contributed by atoms with Gasteiger partial charge in [0.2, 0.25) is 5.13 Å². The van der Waals surface area contributed by atoms with Gasteiger partial charge in [-0.2, -0.15) is 0 Å². The predicted molar refractivity (Wildman–Crippen MR) is 99.5 cm³/mol. The Morgan fingerprint density at radius 3 is 2.38 bits per heavy atom. The van der Waals surface area contributed by atoms with Gasteiger partial charge in [-0.05, 0) is 30.3 Å². The van der Waals surface area contributed by atoms with Crippen molar-refractivity contribution in [3.63, 3.8) is 0 Å². The highest BCUT2D eigenvalue weighted by Gasteiger charge is 2.10. The van der Waals surface area contributed by atoms with Crippen LogP contribution in [0.25, 0.3) is 10.6 Å². The van der Waals surface area contributed by atoms with Crippen LogP contribution in [0.3, 0.4) is 0 Å². The normalized spacial score (nSPS) is 10.5. The Labute approximate surface area is 156 Å². The van der Waals surface area contributed by atoms with Gasteiger partial charge in [-0.1, -0.05) is 58.3 Å². The third-order valence-corrected chi connectivity index (χ3v) is 4.79. The highest BCUT2D eigenvalue weighted by Crippen LogP contribution is 2.28. The van der Waals surface area contributed by atoms with Crippen molar-refractivity contribution in [2.24, 2.45) is 0 Å². The Hall–Kier alpha value is -1.86. The number of rotatable bonds is 3. The van der Waals surface area contributed by atoms with Crippen molar-refractivity contribution in [3.05, 3.63) is 57.5 Å². The summed E-state index contributed by atoms with van der Waals surface area (Å²) in [5.41, 5.74) is 1.39. The fraction of sp³-hybridized carbons (Fsp3) is 0. The molecule has 0 aliphatic rings. The molecule has 2 amide bonds. The van der Waals surface area contributed by atoms with Gasteiger partial charge in [0.05, 0.1) is 10.0 Å². The molecule has 0 unspecified atom stereocenters. The Balaban J connectivity index is 1.66. The standard InChI is InChI=1S/C15H9Cl3N4OS/c16-9-3-1-8(2-4-9)13-21-22-15(24-13)20-14(23)19-10-5-6-11(17)12(18)7-10/h1-7H,(H2,19,20,22,23). The van der Waals surface area contributed by atoms with Gasteiger partial charge in [-0.25, -0.2) is 4.79 Å². The molecule has 3 rings (SSSR count). The van der Waals surface area contributed by atoms with Gasteiger partial charge in [0.25, 0.3) is 0 Å². The molecule has 2 aromatic carbocycles. The van der Waals surface area contributed by atoms with E-state index < -0.39 is 6.03 Å². The molecule has 0 saturated heterocycles. The minimum absolute atomic E-state index is 0.357. The fourth-order valence-electron chi connectivity index (χ4n) is 1.82. The van der Waals surface area contributed by atoms with E-state index in [9.17, 15) is 4.79 Å². The van der Waals surface area contributed by atoms with Crippen LogP contribution in [0.2, 0.25) is 15.1 Å². The maximum atomic E-state index is 12.0. The molecular weight excluding hydrogens is 391 g/mol. The Kier molecular flexibility index (Phi) is 5.20. The van der Waals surface area contributed by atoms with Crippen molar-refractivity contribution in [2.75, 3.05) is 10.6 Å². The number of hydrogen-bond acceptors (Lipinski definition) is 4. The molecule has 0 aliphatic heterocycles. The minimum atomic E-state index is -0.452. The zero-order valence-corrected chi connectivity index (χ0v) is 15.0. The lowest BCUT2D eigenvalue weighted by molar-refractivity contribution is 0.262. The highest BCUT2D eigenvalue weighted by molar-refractivity contribution is 7.18. The van der Waals surface area contributed by atoms with Crippen molar-refractivity contribution in [2.45, 2.75) is 0 Å². The van der Waals surface area contributed by atoms with Crippen LogP contribution in [0.1, 0.15) is 0 Å². The molecule has 0 atom stereocenters. The zero-order valence-electron chi connectivity index (χ0n) is 11.9. The van der Waals surface area contributed by atoms with E-state index in [4.69, 9.17) is 34.8 Å². The van der Waals surface area contributed by atoms with E-state index in [0.717, 1.165) is 5.56 Å². The molecule has 0 spiro atoms. The Bertz CT molecular complexity index is 883. The van der Waals surface area contributed by atoms with Crippen LogP contribution in [0.4, 0.5) is 15.6 Å². The number of carbonyl (C=O) groups is 1. The summed E-state index contributed by atoms with van der Waals surface area (Å²) in [6.45, 7) is 0. The van der Waals surface area contributed by atoms with Gasteiger partial charge in [-0.15, -0.1) is 10.2 Å². The van der Waals surface area contributed by atoms with Crippen LogP contribution in [-0.2, 0) is 0 Å². The SMILES string of the molecule is O=C(Nc1ccc(Cl)c(Cl)c1)Nc1nnc(-c2ccc(Cl)cc2)s1. The van der Waals surface area contributed by atoms with E-state index in [1.54, 1.807) is 30.3 Å². The average molecular weight is 400 g/mol. The van der Waals surface area contributed by atoms with Crippen LogP contribution in [0.15, 0.2) is 42.5 Å². The van der Waals surface area contributed by atoms with Gasteiger partial charge in [-0.3, -0.25) is 5.32 Å². The molecule has 1 aromatic heterocycles. The summed E-state index contributed by atoms with van der Waals surface area (Å²) >= 11 is 18.8. The molecule has 0 saturated carbocycles. The van der Waals surface area contributed by atoms with Gasteiger partial charge in [0.15, 0.2) is 0 Å². The molecule has 1 heterocycles. The Morgan fingerprint density at radius 1 is 0.917 bits per heavy atom. The number of urea groups is 1. The first-order valence-electron chi connectivity index (χ1n) is 6.64. The minimum Gasteiger partial charge on any atom is -0.308 e. The first-order chi connectivity index (χ1) is 11.5. The van der Waals surface area contributed by atoms with Crippen molar-refractivity contribution in [1.29, 1.82) is 0 Å². The van der Waals surface area contributed by atoms with Gasteiger partial charge < -0.3 is 5.32 Å². The third kappa shape index (κ3) is 4.15. The Morgan fingerprint density at radius 2 is 1.67 bits per heavy atom. The zero-order chi connectivity index (χ0) is 17.1. The van der Waals surface area contributed by atoms with Crippen molar-refractivity contribution >= 4 is 63.0 Å². The van der Waals surface area contributed by atoms with E-state index in [1.807, 2.05) is 12.1 Å². The monoisotopic (exact) mass is 398 g/mol. The molecule has 0 aliphatic carbocycles. The summed E-state index contributed by atoms with van der Waals surface area (Å²) < 4.78 is 0. The van der Waals surface area contributed by atoms with Crippen LogP contribution in [-0.4, -0.2) is 16.2 Å². The van der Waals surface area contributed by atoms with Crippen LogP contribution < -0.4 is 10.6 Å². The summed E-state index contributed by atoms with van der Waals surface area (Å²) in [7, 11) is 0. The number of nitrogens with one attached hydrogen (secondary N) is 2. The van der Waals surface area contributed by atoms with Crippen molar-refractivity contribution < 1.29 is 4.79 Å². The van der Waals surface area contributed by atoms with E-state index in [2.05, 4.69) is 20.8 Å². The van der Waals surface area contributed by atoms with E-state index >= 15 is 0 Å². The van der Waals surface area contributed by atoms with Crippen LogP contribution in [0, 0.1) is 0 Å². The number of carbonyl (C=O) groups excluding carboxylic acids is 1. The molecule has 0 fully saturated rings. The second-order valence-electron chi connectivity index (χ2n) is 4.63. The predicted octanol–water partition coefficient (Wildman–Crippen LogP) is 5.81. The number of anilines is 2. The second-order valence-corrected chi connectivity index (χ2v) is 6.86. The number of amides is 2. The quantitative estimate of drug-likeness (QED) is 0.584. The maximum absolute atomic E-state index is 12.0. The molecule has 0 bridgehead atoms. The maximum Gasteiger partial charge on any atom is 0.325 e. The summed E-state index contributed by atoms with van der Waals surface area (Å²) in [6.07, 6.45) is 0. The van der Waals surface area contributed by atoms with Crippen LogP contribution >= 0.6 is 46.1 Å². The van der Waals surface area contributed by atoms with Crippen molar-refractivity contribution in [3.8, 4) is 10.6 Å². The van der Waals surface area contributed by atoms with Gasteiger partial charge in [0.1, 0.15) is 5.01 Å². The molecule has 3 aromatic rings. The summed E-state index contributed by atoms with van der Waals surface area (Å²) in [5, 5.41) is 15.7. The molecule has 0 radical (unpaired) electrons. The highest BCUT2D eigenvalue weighted by atomic mass is 35.5. The van der Waals surface area contributed by atoms with Crippen LogP contribution in [0.5, 0.6) is 0 Å². The topological polar surface area (TPSA) is 66.9 Å². The third-order valence-electron chi connectivity index (χ3n) is 2.91. The van der Waals surface area contributed by atoms with Gasteiger partial charge in [0, 0.05) is 16.3 Å².